The van der Waals surface area contributed by atoms with Crippen molar-refractivity contribution in [3.8, 4) is 11.5 Å². The van der Waals surface area contributed by atoms with Gasteiger partial charge in [-0.2, -0.15) is 0 Å². The van der Waals surface area contributed by atoms with Crippen LogP contribution in [0.4, 0.5) is 0 Å². The first-order valence-electron chi connectivity index (χ1n) is 3.83. The Morgan fingerprint density at radius 1 is 1.08 bits per heavy atom. The first-order chi connectivity index (χ1) is 6.36. The van der Waals surface area contributed by atoms with Gasteiger partial charge in [0.2, 0.25) is 0 Å². The molecule has 13 heavy (non-hydrogen) atoms. The predicted octanol–water partition coefficient (Wildman–Crippen LogP) is 2.20. The number of hydrogen-bond donors (Lipinski definition) is 1. The summed E-state index contributed by atoms with van der Waals surface area (Å²) in [4.78, 5) is 11.2. The summed E-state index contributed by atoms with van der Waals surface area (Å²) in [6, 6.07) is 7.37. The van der Waals surface area contributed by atoms with Crippen molar-refractivity contribution >= 4 is 12.2 Å². The van der Waals surface area contributed by atoms with Crippen LogP contribution in [0.5, 0.6) is 0 Å². The van der Waals surface area contributed by atoms with Crippen LogP contribution in [0.15, 0.2) is 36.7 Å². The van der Waals surface area contributed by atoms with Crippen molar-refractivity contribution in [2.45, 2.75) is 0 Å². The van der Waals surface area contributed by atoms with Crippen LogP contribution in [0.1, 0.15) is 0 Å². The van der Waals surface area contributed by atoms with E-state index in [-0.39, 0.29) is 0 Å². The molecule has 2 rings (SSSR count). The molecule has 2 aromatic rings. The number of nitrogens with zero attached hydrogens (tertiary/aromatic N) is 2. The van der Waals surface area contributed by atoms with Crippen molar-refractivity contribution in [3.05, 3.63) is 41.3 Å². The van der Waals surface area contributed by atoms with Gasteiger partial charge < -0.3 is 4.98 Å². The number of rotatable bonds is 1. The van der Waals surface area contributed by atoms with E-state index in [1.54, 1.807) is 18.5 Å². The maximum atomic E-state index is 4.99. The number of aromatic amines is 1. The standard InChI is InChI=1S/C9H7N3S/c13-8-4-1-3-7(12-8)9-10-5-2-6-11-9/h1-6H,(H,12,13). The Bertz CT molecular complexity index is 450. The summed E-state index contributed by atoms with van der Waals surface area (Å²) in [5.41, 5.74) is 0.841. The summed E-state index contributed by atoms with van der Waals surface area (Å²) in [6.07, 6.45) is 3.40. The highest BCUT2D eigenvalue weighted by molar-refractivity contribution is 7.71. The summed E-state index contributed by atoms with van der Waals surface area (Å²) in [5, 5.41) is 0. The van der Waals surface area contributed by atoms with Gasteiger partial charge in [0.1, 0.15) is 4.64 Å². The van der Waals surface area contributed by atoms with E-state index in [1.807, 2.05) is 18.2 Å². The minimum absolute atomic E-state index is 0.661. The number of hydrogen-bond acceptors (Lipinski definition) is 3. The van der Waals surface area contributed by atoms with E-state index >= 15 is 0 Å². The van der Waals surface area contributed by atoms with Crippen LogP contribution in [0.3, 0.4) is 0 Å². The zero-order valence-corrected chi connectivity index (χ0v) is 7.58. The lowest BCUT2D eigenvalue weighted by Gasteiger charge is -1.97. The molecule has 2 heterocycles. The normalized spacial score (nSPS) is 9.85. The topological polar surface area (TPSA) is 41.6 Å². The average molecular weight is 189 g/mol. The highest BCUT2D eigenvalue weighted by atomic mass is 32.1. The molecule has 0 saturated carbocycles. The fraction of sp³-hybridized carbons (Fsp3) is 0. The van der Waals surface area contributed by atoms with Crippen LogP contribution in [-0.2, 0) is 0 Å². The average Bonchev–Trinajstić information content (AvgIpc) is 2.19. The van der Waals surface area contributed by atoms with Crippen LogP contribution >= 0.6 is 12.2 Å². The Hall–Kier alpha value is -1.55. The van der Waals surface area contributed by atoms with E-state index in [4.69, 9.17) is 12.2 Å². The van der Waals surface area contributed by atoms with Crippen molar-refractivity contribution in [3.63, 3.8) is 0 Å². The molecule has 0 saturated heterocycles. The van der Waals surface area contributed by atoms with Crippen LogP contribution in [0.25, 0.3) is 11.5 Å². The summed E-state index contributed by atoms with van der Waals surface area (Å²) >= 11 is 4.99. The maximum Gasteiger partial charge on any atom is 0.175 e. The van der Waals surface area contributed by atoms with Gasteiger partial charge in [0.25, 0.3) is 0 Å². The molecule has 64 valence electrons. The highest BCUT2D eigenvalue weighted by Crippen LogP contribution is 2.08. The second-order valence-corrected chi connectivity index (χ2v) is 2.94. The zero-order valence-electron chi connectivity index (χ0n) is 6.77. The smallest absolute Gasteiger partial charge is 0.175 e. The number of aromatic nitrogens is 3. The largest absolute Gasteiger partial charge is 0.344 e. The fourth-order valence-corrected chi connectivity index (χ4v) is 1.20. The van der Waals surface area contributed by atoms with Crippen LogP contribution < -0.4 is 0 Å². The molecule has 0 bridgehead atoms. The lowest BCUT2D eigenvalue weighted by Crippen LogP contribution is -1.89. The van der Waals surface area contributed by atoms with Crippen molar-refractivity contribution < 1.29 is 0 Å². The van der Waals surface area contributed by atoms with Crippen LogP contribution in [-0.4, -0.2) is 15.0 Å². The molecular weight excluding hydrogens is 182 g/mol. The third-order valence-electron chi connectivity index (χ3n) is 1.58. The number of H-pyrrole nitrogens is 1. The van der Waals surface area contributed by atoms with Gasteiger partial charge in [-0.3, -0.25) is 0 Å². The quantitative estimate of drug-likeness (QED) is 0.699. The van der Waals surface area contributed by atoms with E-state index in [0.717, 1.165) is 5.69 Å². The Labute approximate surface area is 80.5 Å². The van der Waals surface area contributed by atoms with E-state index in [0.29, 0.717) is 10.5 Å². The second-order valence-electron chi connectivity index (χ2n) is 2.50. The molecule has 0 amide bonds. The number of nitrogens with one attached hydrogen (secondary N) is 1. The second kappa shape index (κ2) is 3.45. The first kappa shape index (κ1) is 8.07. The lowest BCUT2D eigenvalue weighted by atomic mass is 10.3. The monoisotopic (exact) mass is 189 g/mol. The minimum atomic E-state index is 0.661. The molecule has 0 unspecified atom stereocenters. The Morgan fingerprint density at radius 2 is 1.85 bits per heavy atom. The fourth-order valence-electron chi connectivity index (χ4n) is 1.02. The molecule has 0 spiro atoms. The lowest BCUT2D eigenvalue weighted by molar-refractivity contribution is 1.13. The van der Waals surface area contributed by atoms with Crippen molar-refractivity contribution in [2.24, 2.45) is 0 Å². The molecule has 0 fully saturated rings. The first-order valence-corrected chi connectivity index (χ1v) is 4.24. The molecule has 1 N–H and O–H groups in total. The minimum Gasteiger partial charge on any atom is -0.344 e. The van der Waals surface area contributed by atoms with Crippen molar-refractivity contribution in [2.75, 3.05) is 0 Å². The van der Waals surface area contributed by atoms with Crippen LogP contribution in [0.2, 0.25) is 0 Å². The van der Waals surface area contributed by atoms with Gasteiger partial charge in [0.15, 0.2) is 5.82 Å². The third kappa shape index (κ3) is 1.78. The summed E-state index contributed by atoms with van der Waals surface area (Å²) in [6.45, 7) is 0. The van der Waals surface area contributed by atoms with Crippen molar-refractivity contribution in [1.29, 1.82) is 0 Å². The molecule has 0 radical (unpaired) electrons. The number of pyridine rings is 1. The molecule has 0 aliphatic rings. The predicted molar refractivity (Wildman–Crippen MR) is 52.7 cm³/mol. The molecule has 0 aliphatic carbocycles. The van der Waals surface area contributed by atoms with Gasteiger partial charge in [-0.05, 0) is 18.2 Å². The summed E-state index contributed by atoms with van der Waals surface area (Å²) in [5.74, 6) is 0.661. The molecule has 4 heteroatoms. The Kier molecular flexibility index (Phi) is 2.14. The Balaban J connectivity index is 2.54. The van der Waals surface area contributed by atoms with E-state index in [2.05, 4.69) is 15.0 Å². The van der Waals surface area contributed by atoms with Gasteiger partial charge in [-0.1, -0.05) is 18.3 Å². The van der Waals surface area contributed by atoms with E-state index in [9.17, 15) is 0 Å². The summed E-state index contributed by atoms with van der Waals surface area (Å²) < 4.78 is 0.685. The van der Waals surface area contributed by atoms with E-state index < -0.39 is 0 Å². The van der Waals surface area contributed by atoms with Crippen molar-refractivity contribution in [1.82, 2.24) is 15.0 Å². The molecule has 0 aromatic carbocycles. The Morgan fingerprint density at radius 3 is 2.54 bits per heavy atom. The van der Waals surface area contributed by atoms with Crippen LogP contribution in [0, 0.1) is 4.64 Å². The molecule has 2 aromatic heterocycles. The zero-order chi connectivity index (χ0) is 9.10. The summed E-state index contributed by atoms with van der Waals surface area (Å²) in [7, 11) is 0. The molecule has 0 aliphatic heterocycles. The molecular formula is C9H7N3S. The van der Waals surface area contributed by atoms with Gasteiger partial charge in [0.05, 0.1) is 5.69 Å². The SMILES string of the molecule is S=c1cccc(-c2ncccn2)[nH]1. The highest BCUT2D eigenvalue weighted by Gasteiger charge is 1.97. The third-order valence-corrected chi connectivity index (χ3v) is 1.81. The molecule has 0 atom stereocenters. The van der Waals surface area contributed by atoms with Gasteiger partial charge in [-0.25, -0.2) is 9.97 Å². The molecule has 3 nitrogen and oxygen atoms in total. The van der Waals surface area contributed by atoms with Gasteiger partial charge >= 0.3 is 0 Å². The maximum absolute atomic E-state index is 4.99. The van der Waals surface area contributed by atoms with Gasteiger partial charge in [-0.15, -0.1) is 0 Å². The van der Waals surface area contributed by atoms with E-state index in [1.165, 1.54) is 0 Å². The van der Waals surface area contributed by atoms with Gasteiger partial charge in [0, 0.05) is 12.4 Å².